The van der Waals surface area contributed by atoms with Crippen molar-refractivity contribution < 1.29 is 4.79 Å². The van der Waals surface area contributed by atoms with Gasteiger partial charge in [-0.2, -0.15) is 0 Å². The van der Waals surface area contributed by atoms with Gasteiger partial charge in [0.1, 0.15) is 11.3 Å². The molecule has 2 aromatic heterocycles. The van der Waals surface area contributed by atoms with Crippen molar-refractivity contribution in [3.63, 3.8) is 0 Å². The smallest absolute Gasteiger partial charge is 0.320 e. The standard InChI is InChI=1S/C19H21N5O/c1-5-20-19(25)24-17-7-6-15-18(23-17)22-16(10-21-15)14-8-11(2)13(4)12(3)9-14/h6-10H,5H2,1-4H3,(H2,20,22,23,24,25). The zero-order chi connectivity index (χ0) is 18.0. The van der Waals surface area contributed by atoms with Crippen LogP contribution in [0.4, 0.5) is 10.6 Å². The number of pyridine rings is 1. The van der Waals surface area contributed by atoms with E-state index in [1.54, 1.807) is 18.3 Å². The number of fused-ring (bicyclic) bond motifs is 1. The molecule has 0 atom stereocenters. The number of aromatic nitrogens is 3. The Hall–Kier alpha value is -3.02. The lowest BCUT2D eigenvalue weighted by molar-refractivity contribution is 0.252. The first-order chi connectivity index (χ1) is 12.0. The molecule has 0 saturated carbocycles. The topological polar surface area (TPSA) is 79.8 Å². The number of benzene rings is 1. The molecule has 6 nitrogen and oxygen atoms in total. The molecule has 3 aromatic rings. The number of amides is 2. The van der Waals surface area contributed by atoms with Crippen molar-refractivity contribution in [3.05, 3.63) is 47.2 Å². The van der Waals surface area contributed by atoms with Crippen LogP contribution in [0.2, 0.25) is 0 Å². The lowest BCUT2D eigenvalue weighted by Crippen LogP contribution is -2.28. The average Bonchev–Trinajstić information content (AvgIpc) is 2.58. The lowest BCUT2D eigenvalue weighted by Gasteiger charge is -2.09. The molecule has 0 saturated heterocycles. The van der Waals surface area contributed by atoms with Gasteiger partial charge in [-0.25, -0.2) is 14.8 Å². The van der Waals surface area contributed by atoms with Crippen molar-refractivity contribution in [2.24, 2.45) is 0 Å². The fourth-order valence-corrected chi connectivity index (χ4v) is 2.61. The largest absolute Gasteiger partial charge is 0.338 e. The maximum absolute atomic E-state index is 11.6. The van der Waals surface area contributed by atoms with Crippen molar-refractivity contribution in [1.29, 1.82) is 0 Å². The summed E-state index contributed by atoms with van der Waals surface area (Å²) >= 11 is 0. The average molecular weight is 335 g/mol. The molecule has 0 fully saturated rings. The van der Waals surface area contributed by atoms with Gasteiger partial charge in [-0.3, -0.25) is 10.3 Å². The minimum atomic E-state index is -0.289. The Bertz CT molecular complexity index is 929. The summed E-state index contributed by atoms with van der Waals surface area (Å²) in [4.78, 5) is 25.1. The van der Waals surface area contributed by atoms with Crippen LogP contribution in [-0.2, 0) is 0 Å². The van der Waals surface area contributed by atoms with Crippen molar-refractivity contribution in [2.75, 3.05) is 11.9 Å². The molecule has 2 N–H and O–H groups in total. The molecule has 0 radical (unpaired) electrons. The number of carbonyl (C=O) groups excluding carboxylic acids is 1. The van der Waals surface area contributed by atoms with Gasteiger partial charge in [0.2, 0.25) is 0 Å². The highest BCUT2D eigenvalue weighted by atomic mass is 16.2. The van der Waals surface area contributed by atoms with Crippen LogP contribution in [-0.4, -0.2) is 27.5 Å². The molecular formula is C19H21N5O. The monoisotopic (exact) mass is 335 g/mol. The highest BCUT2D eigenvalue weighted by Crippen LogP contribution is 2.24. The third-order valence-corrected chi connectivity index (χ3v) is 4.21. The summed E-state index contributed by atoms with van der Waals surface area (Å²) in [7, 11) is 0. The van der Waals surface area contributed by atoms with Gasteiger partial charge in [-0.15, -0.1) is 0 Å². The Morgan fingerprint density at radius 3 is 2.48 bits per heavy atom. The van der Waals surface area contributed by atoms with Gasteiger partial charge in [0.25, 0.3) is 0 Å². The quantitative estimate of drug-likeness (QED) is 0.764. The Morgan fingerprint density at radius 2 is 1.80 bits per heavy atom. The van der Waals surface area contributed by atoms with E-state index in [-0.39, 0.29) is 6.03 Å². The number of anilines is 1. The number of rotatable bonds is 3. The predicted octanol–water partition coefficient (Wildman–Crippen LogP) is 3.76. The minimum absolute atomic E-state index is 0.289. The Balaban J connectivity index is 1.99. The fourth-order valence-electron chi connectivity index (χ4n) is 2.61. The molecule has 3 rings (SSSR count). The molecule has 0 aliphatic heterocycles. The molecule has 0 unspecified atom stereocenters. The first kappa shape index (κ1) is 16.8. The minimum Gasteiger partial charge on any atom is -0.338 e. The summed E-state index contributed by atoms with van der Waals surface area (Å²) in [6.07, 6.45) is 1.75. The zero-order valence-corrected chi connectivity index (χ0v) is 14.8. The van der Waals surface area contributed by atoms with E-state index < -0.39 is 0 Å². The van der Waals surface area contributed by atoms with E-state index in [9.17, 15) is 4.79 Å². The highest BCUT2D eigenvalue weighted by Gasteiger charge is 2.09. The number of nitrogens with zero attached hydrogens (tertiary/aromatic N) is 3. The second-order valence-corrected chi connectivity index (χ2v) is 6.01. The SMILES string of the molecule is CCNC(=O)Nc1ccc2ncc(-c3cc(C)c(C)c(C)c3)nc2n1. The van der Waals surface area contributed by atoms with Crippen LogP contribution in [0.1, 0.15) is 23.6 Å². The van der Waals surface area contributed by atoms with Gasteiger partial charge in [0.05, 0.1) is 11.9 Å². The van der Waals surface area contributed by atoms with Crippen molar-refractivity contribution in [3.8, 4) is 11.3 Å². The molecule has 1 aromatic carbocycles. The molecule has 6 heteroatoms. The van der Waals surface area contributed by atoms with Gasteiger partial charge in [-0.1, -0.05) is 0 Å². The number of carbonyl (C=O) groups is 1. The van der Waals surface area contributed by atoms with Gasteiger partial charge in [0.15, 0.2) is 5.65 Å². The number of nitrogens with one attached hydrogen (secondary N) is 2. The Kier molecular flexibility index (Phi) is 4.61. The summed E-state index contributed by atoms with van der Waals surface area (Å²) in [5, 5.41) is 5.36. The van der Waals surface area contributed by atoms with Crippen LogP contribution in [0.3, 0.4) is 0 Å². The van der Waals surface area contributed by atoms with Crippen LogP contribution in [0, 0.1) is 20.8 Å². The van der Waals surface area contributed by atoms with E-state index in [1.165, 1.54) is 16.7 Å². The third kappa shape index (κ3) is 3.57. The van der Waals surface area contributed by atoms with E-state index in [0.717, 1.165) is 11.3 Å². The highest BCUT2D eigenvalue weighted by molar-refractivity contribution is 5.89. The van der Waals surface area contributed by atoms with Crippen molar-refractivity contribution in [2.45, 2.75) is 27.7 Å². The van der Waals surface area contributed by atoms with Gasteiger partial charge in [0, 0.05) is 12.1 Å². The van der Waals surface area contributed by atoms with Crippen LogP contribution in [0.5, 0.6) is 0 Å². The summed E-state index contributed by atoms with van der Waals surface area (Å²) in [6.45, 7) is 8.70. The second kappa shape index (κ2) is 6.84. The molecule has 2 amide bonds. The predicted molar refractivity (Wildman–Crippen MR) is 99.7 cm³/mol. The first-order valence-electron chi connectivity index (χ1n) is 8.25. The lowest BCUT2D eigenvalue weighted by atomic mass is 9.99. The van der Waals surface area contributed by atoms with Gasteiger partial charge >= 0.3 is 6.03 Å². The Morgan fingerprint density at radius 1 is 1.08 bits per heavy atom. The van der Waals surface area contributed by atoms with Crippen LogP contribution < -0.4 is 10.6 Å². The van der Waals surface area contributed by atoms with Crippen molar-refractivity contribution >= 4 is 23.0 Å². The van der Waals surface area contributed by atoms with E-state index in [4.69, 9.17) is 0 Å². The number of urea groups is 1. The van der Waals surface area contributed by atoms with Crippen molar-refractivity contribution in [1.82, 2.24) is 20.3 Å². The molecule has 128 valence electrons. The summed E-state index contributed by atoms with van der Waals surface area (Å²) in [6, 6.07) is 7.44. The van der Waals surface area contributed by atoms with Crippen LogP contribution in [0.15, 0.2) is 30.5 Å². The van der Waals surface area contributed by atoms with Gasteiger partial charge < -0.3 is 5.32 Å². The summed E-state index contributed by atoms with van der Waals surface area (Å²) < 4.78 is 0. The van der Waals surface area contributed by atoms with Gasteiger partial charge in [-0.05, 0) is 68.7 Å². The molecule has 0 aliphatic rings. The maximum atomic E-state index is 11.6. The second-order valence-electron chi connectivity index (χ2n) is 6.01. The Labute approximate surface area is 146 Å². The molecule has 0 spiro atoms. The third-order valence-electron chi connectivity index (χ3n) is 4.21. The fraction of sp³-hybridized carbons (Fsp3) is 0.263. The first-order valence-corrected chi connectivity index (χ1v) is 8.25. The molecular weight excluding hydrogens is 314 g/mol. The van der Waals surface area contributed by atoms with E-state index in [2.05, 4.69) is 58.5 Å². The number of hydrogen-bond donors (Lipinski definition) is 2. The number of aryl methyl sites for hydroxylation is 2. The zero-order valence-electron chi connectivity index (χ0n) is 14.8. The maximum Gasteiger partial charge on any atom is 0.320 e. The molecule has 0 bridgehead atoms. The molecule has 0 aliphatic carbocycles. The summed E-state index contributed by atoms with van der Waals surface area (Å²) in [5.74, 6) is 0.446. The van der Waals surface area contributed by atoms with E-state index in [1.807, 2.05) is 6.92 Å². The molecule has 2 heterocycles. The van der Waals surface area contributed by atoms with Crippen LogP contribution in [0.25, 0.3) is 22.4 Å². The summed E-state index contributed by atoms with van der Waals surface area (Å²) in [5.41, 5.74) is 6.69. The normalized spacial score (nSPS) is 10.7. The molecule has 25 heavy (non-hydrogen) atoms. The van der Waals surface area contributed by atoms with Crippen LogP contribution >= 0.6 is 0 Å². The number of hydrogen-bond acceptors (Lipinski definition) is 4. The van der Waals surface area contributed by atoms with E-state index >= 15 is 0 Å². The van der Waals surface area contributed by atoms with E-state index in [0.29, 0.717) is 23.5 Å².